The summed E-state index contributed by atoms with van der Waals surface area (Å²) < 4.78 is 1.98. The largest absolute Gasteiger partial charge is 0.313 e. The smallest absolute Gasteiger partial charge is 0.102 e. The molecule has 0 saturated heterocycles. The molecular weight excluding hydrogens is 198 g/mol. The lowest BCUT2D eigenvalue weighted by atomic mass is 10.2. The minimum absolute atomic E-state index is 0.691. The second-order valence-electron chi connectivity index (χ2n) is 3.91. The van der Waals surface area contributed by atoms with Crippen molar-refractivity contribution in [1.82, 2.24) is 15.1 Å². The van der Waals surface area contributed by atoms with Crippen molar-refractivity contribution in [3.8, 4) is 11.8 Å². The van der Waals surface area contributed by atoms with Crippen LogP contribution in [0.2, 0.25) is 0 Å². The van der Waals surface area contributed by atoms with E-state index in [1.54, 1.807) is 0 Å². The molecule has 0 unspecified atom stereocenters. The molecule has 0 aliphatic rings. The summed E-state index contributed by atoms with van der Waals surface area (Å²) in [7, 11) is 0. The fourth-order valence-electron chi connectivity index (χ4n) is 1.69. The normalized spacial score (nSPS) is 10.0. The number of nitrogens with one attached hydrogen (secondary N) is 1. The molecule has 3 heteroatoms. The average molecular weight is 219 g/mol. The lowest BCUT2D eigenvalue weighted by Crippen LogP contribution is -2.15. The molecule has 16 heavy (non-hydrogen) atoms. The van der Waals surface area contributed by atoms with Gasteiger partial charge in [-0.15, -0.1) is 5.92 Å². The van der Waals surface area contributed by atoms with Gasteiger partial charge in [-0.25, -0.2) is 0 Å². The predicted octanol–water partition coefficient (Wildman–Crippen LogP) is 2.02. The Hall–Kier alpha value is -1.27. The number of aromatic nitrogens is 2. The number of hydrogen-bond acceptors (Lipinski definition) is 2. The van der Waals surface area contributed by atoms with E-state index in [1.807, 2.05) is 11.6 Å². The standard InChI is InChI=1S/C13H21N3/c1-5-7-9-16-12(4)13(11(3)15-16)10-14-8-6-2/h14H,6,8-10H2,1-4H3. The molecule has 0 aliphatic carbocycles. The highest BCUT2D eigenvalue weighted by Gasteiger charge is 2.09. The number of rotatable bonds is 5. The molecule has 1 heterocycles. The van der Waals surface area contributed by atoms with E-state index >= 15 is 0 Å². The van der Waals surface area contributed by atoms with E-state index in [0.29, 0.717) is 6.54 Å². The van der Waals surface area contributed by atoms with Crippen LogP contribution in [-0.4, -0.2) is 16.3 Å². The monoisotopic (exact) mass is 219 g/mol. The van der Waals surface area contributed by atoms with Gasteiger partial charge in [-0.05, 0) is 33.7 Å². The van der Waals surface area contributed by atoms with Gasteiger partial charge in [0.25, 0.3) is 0 Å². The van der Waals surface area contributed by atoms with Gasteiger partial charge < -0.3 is 5.32 Å². The summed E-state index contributed by atoms with van der Waals surface area (Å²) in [6, 6.07) is 0. The summed E-state index contributed by atoms with van der Waals surface area (Å²) >= 11 is 0. The van der Waals surface area contributed by atoms with Gasteiger partial charge in [-0.1, -0.05) is 12.8 Å². The van der Waals surface area contributed by atoms with Gasteiger partial charge in [0, 0.05) is 17.8 Å². The maximum Gasteiger partial charge on any atom is 0.102 e. The third kappa shape index (κ3) is 3.11. The molecule has 1 rings (SSSR count). The van der Waals surface area contributed by atoms with Crippen LogP contribution in [0.5, 0.6) is 0 Å². The number of nitrogens with zero attached hydrogens (tertiary/aromatic N) is 2. The van der Waals surface area contributed by atoms with E-state index in [9.17, 15) is 0 Å². The van der Waals surface area contributed by atoms with Gasteiger partial charge >= 0.3 is 0 Å². The minimum Gasteiger partial charge on any atom is -0.313 e. The molecule has 0 bridgehead atoms. The highest BCUT2D eigenvalue weighted by Crippen LogP contribution is 2.12. The first-order valence-electron chi connectivity index (χ1n) is 5.83. The van der Waals surface area contributed by atoms with E-state index in [2.05, 4.69) is 43.0 Å². The van der Waals surface area contributed by atoms with Crippen LogP contribution in [0.15, 0.2) is 0 Å². The summed E-state index contributed by atoms with van der Waals surface area (Å²) in [6.45, 7) is 10.9. The molecule has 1 aromatic heterocycles. The Labute approximate surface area is 98.2 Å². The summed E-state index contributed by atoms with van der Waals surface area (Å²) in [5.41, 5.74) is 3.65. The molecule has 0 radical (unpaired) electrons. The van der Waals surface area contributed by atoms with Crippen LogP contribution in [0.25, 0.3) is 0 Å². The van der Waals surface area contributed by atoms with Crippen LogP contribution in [0.4, 0.5) is 0 Å². The SMILES string of the molecule is CC#CCn1nc(C)c(CNCCC)c1C. The Balaban J connectivity index is 2.75. The Kier molecular flexibility index (Phi) is 5.07. The fourth-order valence-corrected chi connectivity index (χ4v) is 1.69. The van der Waals surface area contributed by atoms with Crippen molar-refractivity contribution in [2.75, 3.05) is 6.54 Å². The van der Waals surface area contributed by atoms with Crippen molar-refractivity contribution < 1.29 is 0 Å². The van der Waals surface area contributed by atoms with Crippen molar-refractivity contribution in [2.24, 2.45) is 0 Å². The summed E-state index contributed by atoms with van der Waals surface area (Å²) in [4.78, 5) is 0. The Bertz CT molecular complexity index is 393. The first-order valence-corrected chi connectivity index (χ1v) is 5.83. The molecule has 1 N–H and O–H groups in total. The van der Waals surface area contributed by atoms with Crippen LogP contribution in [0, 0.1) is 25.7 Å². The van der Waals surface area contributed by atoms with Gasteiger partial charge in [-0.2, -0.15) is 5.10 Å². The molecule has 1 aromatic rings. The first-order chi connectivity index (χ1) is 7.70. The van der Waals surface area contributed by atoms with E-state index < -0.39 is 0 Å². The lowest BCUT2D eigenvalue weighted by molar-refractivity contribution is 0.663. The first kappa shape index (κ1) is 12.8. The lowest BCUT2D eigenvalue weighted by Gasteiger charge is -2.04. The van der Waals surface area contributed by atoms with Crippen LogP contribution in [0.1, 0.15) is 37.2 Å². The Morgan fingerprint density at radius 3 is 2.75 bits per heavy atom. The van der Waals surface area contributed by atoms with Gasteiger partial charge in [0.2, 0.25) is 0 Å². The zero-order valence-electron chi connectivity index (χ0n) is 10.7. The summed E-state index contributed by atoms with van der Waals surface area (Å²) in [5.74, 6) is 5.94. The molecule has 0 aromatic carbocycles. The van der Waals surface area contributed by atoms with Crippen LogP contribution in [0.3, 0.4) is 0 Å². The Morgan fingerprint density at radius 1 is 1.38 bits per heavy atom. The van der Waals surface area contributed by atoms with Crippen LogP contribution < -0.4 is 5.32 Å². The molecule has 0 amide bonds. The molecule has 3 nitrogen and oxygen atoms in total. The quantitative estimate of drug-likeness (QED) is 0.606. The molecule has 0 aliphatic heterocycles. The van der Waals surface area contributed by atoms with E-state index in [0.717, 1.165) is 25.2 Å². The zero-order valence-corrected chi connectivity index (χ0v) is 10.7. The van der Waals surface area contributed by atoms with Crippen LogP contribution >= 0.6 is 0 Å². The van der Waals surface area contributed by atoms with Crippen molar-refractivity contribution in [1.29, 1.82) is 0 Å². The van der Waals surface area contributed by atoms with Crippen molar-refractivity contribution in [3.05, 3.63) is 17.0 Å². The molecule has 0 atom stereocenters. The van der Waals surface area contributed by atoms with Gasteiger partial charge in [0.05, 0.1) is 5.69 Å². The second-order valence-corrected chi connectivity index (χ2v) is 3.91. The maximum atomic E-state index is 4.50. The van der Waals surface area contributed by atoms with Crippen molar-refractivity contribution in [2.45, 2.75) is 47.2 Å². The average Bonchev–Trinajstić information content (AvgIpc) is 2.54. The summed E-state index contributed by atoms with van der Waals surface area (Å²) in [6.07, 6.45) is 1.16. The topological polar surface area (TPSA) is 29.9 Å². The molecule has 0 saturated carbocycles. The molecule has 88 valence electrons. The number of aryl methyl sites for hydroxylation is 1. The van der Waals surface area contributed by atoms with Gasteiger partial charge in [-0.3, -0.25) is 4.68 Å². The molecule has 0 spiro atoms. The molecule has 0 fully saturated rings. The minimum atomic E-state index is 0.691. The highest BCUT2D eigenvalue weighted by atomic mass is 15.3. The fraction of sp³-hybridized carbons (Fsp3) is 0.615. The number of hydrogen-bond donors (Lipinski definition) is 1. The zero-order chi connectivity index (χ0) is 12.0. The van der Waals surface area contributed by atoms with E-state index in [4.69, 9.17) is 0 Å². The van der Waals surface area contributed by atoms with Crippen molar-refractivity contribution in [3.63, 3.8) is 0 Å². The van der Waals surface area contributed by atoms with Gasteiger partial charge in [0.1, 0.15) is 6.54 Å². The molecular formula is C13H21N3. The van der Waals surface area contributed by atoms with E-state index in [1.165, 1.54) is 11.3 Å². The third-order valence-electron chi connectivity index (χ3n) is 2.67. The third-order valence-corrected chi connectivity index (χ3v) is 2.67. The highest BCUT2D eigenvalue weighted by molar-refractivity contribution is 5.24. The van der Waals surface area contributed by atoms with Crippen LogP contribution in [-0.2, 0) is 13.1 Å². The second kappa shape index (κ2) is 6.34. The Morgan fingerprint density at radius 2 is 2.12 bits per heavy atom. The van der Waals surface area contributed by atoms with E-state index in [-0.39, 0.29) is 0 Å². The van der Waals surface area contributed by atoms with Crippen molar-refractivity contribution >= 4 is 0 Å². The van der Waals surface area contributed by atoms with Gasteiger partial charge in [0.15, 0.2) is 0 Å². The summed E-state index contributed by atoms with van der Waals surface area (Å²) in [5, 5.41) is 7.91. The maximum absolute atomic E-state index is 4.50. The predicted molar refractivity (Wildman–Crippen MR) is 67.1 cm³/mol.